The lowest BCUT2D eigenvalue weighted by Crippen LogP contribution is -2.28. The Balaban J connectivity index is 3.06. The number of nitrogens with two attached hydrogens (primary N) is 1. The van der Waals surface area contributed by atoms with Crippen LogP contribution < -0.4 is 5.73 Å². The van der Waals surface area contributed by atoms with Gasteiger partial charge in [-0.25, -0.2) is 0 Å². The molecule has 0 spiro atoms. The van der Waals surface area contributed by atoms with Crippen molar-refractivity contribution in [2.45, 2.75) is 18.5 Å². The van der Waals surface area contributed by atoms with Crippen molar-refractivity contribution in [3.8, 4) is 0 Å². The van der Waals surface area contributed by atoms with Crippen LogP contribution in [0.4, 0.5) is 0 Å². The van der Waals surface area contributed by atoms with Crippen LogP contribution in [0.2, 0.25) is 0 Å². The molecule has 0 amide bonds. The molecule has 1 rings (SSSR count). The van der Waals surface area contributed by atoms with Crippen molar-refractivity contribution in [3.63, 3.8) is 0 Å². The Labute approximate surface area is 101 Å². The highest BCUT2D eigenvalue weighted by atomic mass is 16.7. The molecule has 0 bridgehead atoms. The number of hydrogen-bond acceptors (Lipinski definition) is 5. The minimum absolute atomic E-state index is 0.0138. The molecule has 0 fully saturated rings. The van der Waals surface area contributed by atoms with Crippen molar-refractivity contribution in [2.75, 3.05) is 20.8 Å². The molecule has 96 valence electrons. The molecule has 0 aliphatic rings. The van der Waals surface area contributed by atoms with E-state index in [-0.39, 0.29) is 6.54 Å². The lowest BCUT2D eigenvalue weighted by Gasteiger charge is -2.23. The van der Waals surface area contributed by atoms with Gasteiger partial charge >= 0.3 is 0 Å². The summed E-state index contributed by atoms with van der Waals surface area (Å²) >= 11 is 0. The van der Waals surface area contributed by atoms with Crippen LogP contribution in [0.1, 0.15) is 23.5 Å². The van der Waals surface area contributed by atoms with E-state index in [9.17, 15) is 10.2 Å². The van der Waals surface area contributed by atoms with Gasteiger partial charge in [-0.2, -0.15) is 0 Å². The van der Waals surface area contributed by atoms with Gasteiger partial charge in [0, 0.05) is 26.3 Å². The van der Waals surface area contributed by atoms with Gasteiger partial charge in [-0.1, -0.05) is 24.3 Å². The second-order valence-electron chi connectivity index (χ2n) is 3.68. The molecule has 0 saturated heterocycles. The van der Waals surface area contributed by atoms with Crippen LogP contribution in [0.15, 0.2) is 24.3 Å². The molecule has 1 aromatic carbocycles. The fourth-order valence-electron chi connectivity index (χ4n) is 1.68. The third-order valence-corrected chi connectivity index (χ3v) is 2.60. The van der Waals surface area contributed by atoms with Crippen molar-refractivity contribution in [1.29, 1.82) is 0 Å². The van der Waals surface area contributed by atoms with Crippen LogP contribution in [-0.4, -0.2) is 37.1 Å². The summed E-state index contributed by atoms with van der Waals surface area (Å²) in [4.78, 5) is 0. The fourth-order valence-corrected chi connectivity index (χ4v) is 1.68. The van der Waals surface area contributed by atoms with Crippen LogP contribution >= 0.6 is 0 Å². The van der Waals surface area contributed by atoms with Crippen LogP contribution in [0.3, 0.4) is 0 Å². The molecule has 2 atom stereocenters. The first-order valence-corrected chi connectivity index (χ1v) is 5.36. The Morgan fingerprint density at radius 2 is 1.65 bits per heavy atom. The molecule has 2 unspecified atom stereocenters. The highest BCUT2D eigenvalue weighted by Crippen LogP contribution is 2.27. The predicted molar refractivity (Wildman–Crippen MR) is 63.2 cm³/mol. The van der Waals surface area contributed by atoms with Crippen molar-refractivity contribution >= 4 is 0 Å². The summed E-state index contributed by atoms with van der Waals surface area (Å²) in [7, 11) is 3.02. The quantitative estimate of drug-likeness (QED) is 0.625. The number of hydrogen-bond donors (Lipinski definition) is 3. The topological polar surface area (TPSA) is 84.9 Å². The SMILES string of the molecule is COC(OC)c1ccccc1C(O)C(O)CN. The third-order valence-electron chi connectivity index (χ3n) is 2.60. The van der Waals surface area contributed by atoms with E-state index in [0.29, 0.717) is 11.1 Å². The minimum Gasteiger partial charge on any atom is -0.389 e. The van der Waals surface area contributed by atoms with Crippen molar-refractivity contribution in [1.82, 2.24) is 0 Å². The lowest BCUT2D eigenvalue weighted by molar-refractivity contribution is -0.108. The first kappa shape index (κ1) is 14.1. The normalized spacial score (nSPS) is 14.9. The zero-order valence-electron chi connectivity index (χ0n) is 10.0. The molecule has 0 radical (unpaired) electrons. The van der Waals surface area contributed by atoms with Crippen LogP contribution in [0.5, 0.6) is 0 Å². The summed E-state index contributed by atoms with van der Waals surface area (Å²) in [6.07, 6.45) is -2.64. The lowest BCUT2D eigenvalue weighted by atomic mass is 9.98. The second-order valence-corrected chi connectivity index (χ2v) is 3.68. The van der Waals surface area contributed by atoms with E-state index in [1.165, 1.54) is 14.2 Å². The number of methoxy groups -OCH3 is 2. The fraction of sp³-hybridized carbons (Fsp3) is 0.500. The number of ether oxygens (including phenoxy) is 2. The average Bonchev–Trinajstić information content (AvgIpc) is 2.39. The molecular formula is C12H19NO4. The molecular weight excluding hydrogens is 222 g/mol. The number of benzene rings is 1. The number of aliphatic hydroxyl groups excluding tert-OH is 2. The Hall–Kier alpha value is -0.980. The molecule has 0 aliphatic heterocycles. The number of rotatable bonds is 6. The summed E-state index contributed by atoms with van der Waals surface area (Å²) in [5, 5.41) is 19.5. The summed E-state index contributed by atoms with van der Waals surface area (Å²) < 4.78 is 10.3. The summed E-state index contributed by atoms with van der Waals surface area (Å²) in [5.74, 6) is 0. The maximum absolute atomic E-state index is 9.97. The largest absolute Gasteiger partial charge is 0.389 e. The highest BCUT2D eigenvalue weighted by Gasteiger charge is 2.23. The van der Waals surface area contributed by atoms with Gasteiger partial charge in [-0.15, -0.1) is 0 Å². The highest BCUT2D eigenvalue weighted by molar-refractivity contribution is 5.31. The van der Waals surface area contributed by atoms with Gasteiger partial charge in [0.25, 0.3) is 0 Å². The summed E-state index contributed by atoms with van der Waals surface area (Å²) in [6, 6.07) is 7.07. The molecule has 1 aromatic rings. The molecule has 0 heterocycles. The molecule has 17 heavy (non-hydrogen) atoms. The van der Waals surface area contributed by atoms with E-state index in [0.717, 1.165) is 0 Å². The van der Waals surface area contributed by atoms with Gasteiger partial charge in [-0.05, 0) is 5.56 Å². The van der Waals surface area contributed by atoms with E-state index in [1.807, 2.05) is 6.07 Å². The molecule has 5 heteroatoms. The summed E-state index contributed by atoms with van der Waals surface area (Å²) in [6.45, 7) is -0.0138. The van der Waals surface area contributed by atoms with E-state index in [1.54, 1.807) is 18.2 Å². The Morgan fingerprint density at radius 3 is 2.12 bits per heavy atom. The molecule has 4 N–H and O–H groups in total. The average molecular weight is 241 g/mol. The Bertz CT molecular complexity index is 341. The molecule has 5 nitrogen and oxygen atoms in total. The first-order valence-electron chi connectivity index (χ1n) is 5.36. The molecule has 0 aromatic heterocycles. The number of aliphatic hydroxyl groups is 2. The van der Waals surface area contributed by atoms with Crippen molar-refractivity contribution in [2.24, 2.45) is 5.73 Å². The van der Waals surface area contributed by atoms with Gasteiger partial charge in [-0.3, -0.25) is 0 Å². The molecule has 0 aliphatic carbocycles. The van der Waals surface area contributed by atoms with E-state index < -0.39 is 18.5 Å². The van der Waals surface area contributed by atoms with Crippen molar-refractivity contribution in [3.05, 3.63) is 35.4 Å². The van der Waals surface area contributed by atoms with Crippen LogP contribution in [0.25, 0.3) is 0 Å². The van der Waals surface area contributed by atoms with E-state index in [2.05, 4.69) is 0 Å². The predicted octanol–water partition coefficient (Wildman–Crippen LogP) is 0.331. The smallest absolute Gasteiger partial charge is 0.183 e. The van der Waals surface area contributed by atoms with Gasteiger partial charge in [0.1, 0.15) is 6.10 Å². The Morgan fingerprint density at radius 1 is 1.12 bits per heavy atom. The Kier molecular flexibility index (Phi) is 5.54. The van der Waals surface area contributed by atoms with Crippen molar-refractivity contribution < 1.29 is 19.7 Å². The van der Waals surface area contributed by atoms with Gasteiger partial charge in [0.15, 0.2) is 6.29 Å². The third kappa shape index (κ3) is 3.24. The van der Waals surface area contributed by atoms with Gasteiger partial charge in [0.2, 0.25) is 0 Å². The van der Waals surface area contributed by atoms with Gasteiger partial charge < -0.3 is 25.4 Å². The zero-order chi connectivity index (χ0) is 12.8. The maximum atomic E-state index is 9.97. The van der Waals surface area contributed by atoms with Gasteiger partial charge in [0.05, 0.1) is 6.10 Å². The van der Waals surface area contributed by atoms with Crippen LogP contribution in [0, 0.1) is 0 Å². The second kappa shape index (κ2) is 6.68. The van der Waals surface area contributed by atoms with E-state index >= 15 is 0 Å². The minimum atomic E-state index is -1.05. The van der Waals surface area contributed by atoms with Crippen LogP contribution in [-0.2, 0) is 9.47 Å². The molecule has 0 saturated carbocycles. The monoisotopic (exact) mass is 241 g/mol. The standard InChI is InChI=1S/C12H19NO4/c1-16-12(17-2)9-6-4-3-5-8(9)11(15)10(14)7-13/h3-6,10-12,14-15H,7,13H2,1-2H3. The zero-order valence-corrected chi connectivity index (χ0v) is 10.0. The maximum Gasteiger partial charge on any atom is 0.183 e. The first-order chi connectivity index (χ1) is 8.15. The summed E-state index contributed by atoms with van der Waals surface area (Å²) in [5.41, 5.74) is 6.56. The van der Waals surface area contributed by atoms with E-state index in [4.69, 9.17) is 15.2 Å².